The molecule has 1 atom stereocenters. The van der Waals surface area contributed by atoms with Gasteiger partial charge in [0.05, 0.1) is 11.3 Å². The van der Waals surface area contributed by atoms with Gasteiger partial charge in [0, 0.05) is 24.7 Å². The normalized spacial score (nSPS) is 15.9. The number of aryl methyl sites for hydroxylation is 1. The van der Waals surface area contributed by atoms with Crippen molar-refractivity contribution in [3.8, 4) is 5.75 Å². The van der Waals surface area contributed by atoms with Crippen molar-refractivity contribution in [2.24, 2.45) is 0 Å². The van der Waals surface area contributed by atoms with E-state index in [2.05, 4.69) is 10.3 Å². The highest BCUT2D eigenvalue weighted by atomic mass is 16.5. The first-order valence-corrected chi connectivity index (χ1v) is 7.68. The van der Waals surface area contributed by atoms with Crippen LogP contribution in [0, 0.1) is 13.8 Å². The van der Waals surface area contributed by atoms with Gasteiger partial charge in [0.2, 0.25) is 0 Å². The lowest BCUT2D eigenvalue weighted by molar-refractivity contribution is 0.101. The summed E-state index contributed by atoms with van der Waals surface area (Å²) >= 11 is 0. The number of hydrogen-bond donors (Lipinski definition) is 2. The molecule has 2 N–H and O–H groups in total. The van der Waals surface area contributed by atoms with Crippen LogP contribution in [-0.4, -0.2) is 22.8 Å². The Labute approximate surface area is 135 Å². The van der Waals surface area contributed by atoms with Crippen LogP contribution in [0.15, 0.2) is 18.2 Å². The number of fused-ring (bicyclic) bond motifs is 1. The summed E-state index contributed by atoms with van der Waals surface area (Å²) in [5.74, 6) is 0.590. The minimum atomic E-state index is -0.212. The number of aromatic amines is 1. The Morgan fingerprint density at radius 2 is 2.04 bits per heavy atom. The van der Waals surface area contributed by atoms with E-state index in [0.717, 1.165) is 23.4 Å². The van der Waals surface area contributed by atoms with Crippen LogP contribution in [-0.2, 0) is 6.42 Å². The number of rotatable bonds is 3. The molecule has 3 rings (SSSR count). The van der Waals surface area contributed by atoms with Crippen molar-refractivity contribution in [3.05, 3.63) is 46.3 Å². The van der Waals surface area contributed by atoms with Gasteiger partial charge in [-0.25, -0.2) is 0 Å². The molecule has 5 nitrogen and oxygen atoms in total. The molecule has 1 aliphatic rings. The highest BCUT2D eigenvalue weighted by molar-refractivity contribution is 6.08. The summed E-state index contributed by atoms with van der Waals surface area (Å²) in [4.78, 5) is 27.2. The lowest BCUT2D eigenvalue weighted by Gasteiger charge is -2.08. The second-order valence-electron chi connectivity index (χ2n) is 6.09. The van der Waals surface area contributed by atoms with Crippen molar-refractivity contribution in [2.75, 3.05) is 5.32 Å². The van der Waals surface area contributed by atoms with Gasteiger partial charge in [-0.1, -0.05) is 0 Å². The lowest BCUT2D eigenvalue weighted by Crippen LogP contribution is -2.14. The minimum absolute atomic E-state index is 0.0756. The van der Waals surface area contributed by atoms with Gasteiger partial charge in [-0.05, 0) is 50.1 Å². The Morgan fingerprint density at radius 3 is 2.70 bits per heavy atom. The van der Waals surface area contributed by atoms with Crippen LogP contribution in [0.5, 0.6) is 5.75 Å². The Kier molecular flexibility index (Phi) is 3.72. The second kappa shape index (κ2) is 5.57. The predicted octanol–water partition coefficient (Wildman–Crippen LogP) is 3.41. The topological polar surface area (TPSA) is 71.2 Å². The smallest absolute Gasteiger partial charge is 0.257 e. The fourth-order valence-corrected chi connectivity index (χ4v) is 3.14. The first kappa shape index (κ1) is 15.3. The van der Waals surface area contributed by atoms with E-state index in [0.29, 0.717) is 22.5 Å². The predicted molar refractivity (Wildman–Crippen MR) is 88.5 cm³/mol. The molecule has 0 bridgehead atoms. The Balaban J connectivity index is 1.86. The number of amides is 1. The molecule has 23 heavy (non-hydrogen) atoms. The number of aromatic nitrogens is 1. The number of ketones is 1. The fraction of sp³-hybridized carbons (Fsp3) is 0.333. The quantitative estimate of drug-likeness (QED) is 0.853. The average Bonchev–Trinajstić information content (AvgIpc) is 2.97. The second-order valence-corrected chi connectivity index (χ2v) is 6.09. The lowest BCUT2D eigenvalue weighted by atomic mass is 10.1. The third-order valence-electron chi connectivity index (χ3n) is 4.17. The number of anilines is 1. The molecule has 0 spiro atoms. The molecule has 0 radical (unpaired) electrons. The summed E-state index contributed by atoms with van der Waals surface area (Å²) in [6.45, 7) is 7.09. The standard InChI is InChI=1S/C18H20N2O3/c1-9-7-13-8-14(5-6-15(13)23-9)20-18(22)16-10(2)17(12(4)21)19-11(16)3/h5-6,8-9,19H,7H2,1-4H3,(H,20,22). The summed E-state index contributed by atoms with van der Waals surface area (Å²) in [5.41, 5.74) is 4.23. The molecule has 1 aromatic heterocycles. The largest absolute Gasteiger partial charge is 0.490 e. The van der Waals surface area contributed by atoms with Crippen molar-refractivity contribution in [1.82, 2.24) is 4.98 Å². The molecule has 0 saturated carbocycles. The van der Waals surface area contributed by atoms with Gasteiger partial charge in [0.15, 0.2) is 5.78 Å². The molecule has 2 heterocycles. The number of Topliss-reactive ketones (excluding diaryl/α,β-unsaturated/α-hetero) is 1. The maximum Gasteiger partial charge on any atom is 0.257 e. The van der Waals surface area contributed by atoms with E-state index in [9.17, 15) is 9.59 Å². The monoisotopic (exact) mass is 312 g/mol. The van der Waals surface area contributed by atoms with Gasteiger partial charge in [-0.2, -0.15) is 0 Å². The summed E-state index contributed by atoms with van der Waals surface area (Å²) in [6, 6.07) is 5.66. The van der Waals surface area contributed by atoms with Crippen LogP contribution in [0.1, 0.15) is 51.5 Å². The van der Waals surface area contributed by atoms with E-state index in [1.807, 2.05) is 25.1 Å². The van der Waals surface area contributed by atoms with Crippen molar-refractivity contribution in [1.29, 1.82) is 0 Å². The van der Waals surface area contributed by atoms with Crippen molar-refractivity contribution < 1.29 is 14.3 Å². The first-order chi connectivity index (χ1) is 10.9. The van der Waals surface area contributed by atoms with Crippen molar-refractivity contribution in [3.63, 3.8) is 0 Å². The highest BCUT2D eigenvalue weighted by Gasteiger charge is 2.22. The maximum atomic E-state index is 12.6. The highest BCUT2D eigenvalue weighted by Crippen LogP contribution is 2.31. The van der Waals surface area contributed by atoms with Crippen LogP contribution < -0.4 is 10.1 Å². The Morgan fingerprint density at radius 1 is 1.30 bits per heavy atom. The zero-order chi connectivity index (χ0) is 16.7. The van der Waals surface area contributed by atoms with E-state index in [4.69, 9.17) is 4.74 Å². The third kappa shape index (κ3) is 2.74. The number of H-pyrrole nitrogens is 1. The van der Waals surface area contributed by atoms with Crippen LogP contribution >= 0.6 is 0 Å². The third-order valence-corrected chi connectivity index (χ3v) is 4.17. The number of carbonyl (C=O) groups is 2. The van der Waals surface area contributed by atoms with E-state index < -0.39 is 0 Å². The number of carbonyl (C=O) groups excluding carboxylic acids is 2. The molecule has 1 unspecified atom stereocenters. The van der Waals surface area contributed by atoms with Crippen LogP contribution in [0.3, 0.4) is 0 Å². The van der Waals surface area contributed by atoms with E-state index in [1.165, 1.54) is 6.92 Å². The van der Waals surface area contributed by atoms with Crippen molar-refractivity contribution >= 4 is 17.4 Å². The molecule has 2 aromatic rings. The zero-order valence-corrected chi connectivity index (χ0v) is 13.7. The Bertz CT molecular complexity index is 805. The average molecular weight is 312 g/mol. The van der Waals surface area contributed by atoms with Gasteiger partial charge >= 0.3 is 0 Å². The fourth-order valence-electron chi connectivity index (χ4n) is 3.14. The van der Waals surface area contributed by atoms with Gasteiger partial charge in [-0.15, -0.1) is 0 Å². The van der Waals surface area contributed by atoms with Crippen LogP contribution in [0.2, 0.25) is 0 Å². The van der Waals surface area contributed by atoms with Gasteiger partial charge in [0.1, 0.15) is 11.9 Å². The molecular weight excluding hydrogens is 292 g/mol. The number of benzene rings is 1. The minimum Gasteiger partial charge on any atom is -0.490 e. The van der Waals surface area contributed by atoms with E-state index >= 15 is 0 Å². The molecule has 0 saturated heterocycles. The maximum absolute atomic E-state index is 12.6. The summed E-state index contributed by atoms with van der Waals surface area (Å²) in [6.07, 6.45) is 1.01. The van der Waals surface area contributed by atoms with Crippen molar-refractivity contribution in [2.45, 2.75) is 40.2 Å². The van der Waals surface area contributed by atoms with E-state index in [1.54, 1.807) is 13.8 Å². The molecule has 120 valence electrons. The van der Waals surface area contributed by atoms with Gasteiger partial charge in [0.25, 0.3) is 5.91 Å². The molecule has 1 aliphatic heterocycles. The SMILES string of the molecule is CC(=O)c1[nH]c(C)c(C(=O)Nc2ccc3c(c2)CC(C)O3)c1C. The molecule has 5 heteroatoms. The molecular formula is C18H20N2O3. The zero-order valence-electron chi connectivity index (χ0n) is 13.7. The Hall–Kier alpha value is -2.56. The molecule has 1 amide bonds. The van der Waals surface area contributed by atoms with Gasteiger partial charge in [-0.3, -0.25) is 9.59 Å². The number of nitrogens with one attached hydrogen (secondary N) is 2. The summed E-state index contributed by atoms with van der Waals surface area (Å²) < 4.78 is 5.66. The van der Waals surface area contributed by atoms with Crippen LogP contribution in [0.25, 0.3) is 0 Å². The van der Waals surface area contributed by atoms with Crippen LogP contribution in [0.4, 0.5) is 5.69 Å². The van der Waals surface area contributed by atoms with E-state index in [-0.39, 0.29) is 17.8 Å². The molecule has 1 aromatic carbocycles. The van der Waals surface area contributed by atoms with Gasteiger partial charge < -0.3 is 15.0 Å². The first-order valence-electron chi connectivity index (χ1n) is 7.68. The summed E-state index contributed by atoms with van der Waals surface area (Å²) in [5, 5.41) is 2.91. The number of ether oxygens (including phenoxy) is 1. The number of hydrogen-bond acceptors (Lipinski definition) is 3. The molecule has 0 aliphatic carbocycles. The molecule has 0 fully saturated rings. The summed E-state index contributed by atoms with van der Waals surface area (Å²) in [7, 11) is 0.